The number of halogens is 3. The third kappa shape index (κ3) is 4.84. The number of rotatable bonds is 5. The lowest BCUT2D eigenvalue weighted by Crippen LogP contribution is -2.31. The number of aliphatic hydroxyl groups excluding tert-OH is 1. The maximum absolute atomic E-state index is 12.7. The monoisotopic (exact) mass is 275 g/mol. The summed E-state index contributed by atoms with van der Waals surface area (Å²) in [5, 5.41) is 12.4. The Morgan fingerprint density at radius 1 is 1.21 bits per heavy atom. The van der Waals surface area contributed by atoms with Crippen LogP contribution < -0.4 is 5.32 Å². The molecule has 0 fully saturated rings. The smallest absolute Gasteiger partial charge is 0.392 e. The first kappa shape index (κ1) is 16.0. The Kier molecular flexibility index (Phi) is 5.38. The van der Waals surface area contributed by atoms with E-state index in [4.69, 9.17) is 0 Å². The van der Waals surface area contributed by atoms with Crippen LogP contribution >= 0.6 is 0 Å². The van der Waals surface area contributed by atoms with Gasteiger partial charge in [0, 0.05) is 12.6 Å². The number of aliphatic hydroxyl groups is 1. The van der Waals surface area contributed by atoms with Gasteiger partial charge in [0.15, 0.2) is 0 Å². The van der Waals surface area contributed by atoms with Crippen molar-refractivity contribution in [1.29, 1.82) is 0 Å². The van der Waals surface area contributed by atoms with E-state index in [2.05, 4.69) is 5.32 Å². The molecular formula is C14H20F3NO. The topological polar surface area (TPSA) is 32.3 Å². The average Bonchev–Trinajstić information content (AvgIpc) is 2.27. The Bertz CT molecular complexity index is 402. The second-order valence-electron chi connectivity index (χ2n) is 5.10. The van der Waals surface area contributed by atoms with Crippen molar-refractivity contribution in [2.75, 3.05) is 6.54 Å². The lowest BCUT2D eigenvalue weighted by Gasteiger charge is -2.24. The van der Waals surface area contributed by atoms with Gasteiger partial charge < -0.3 is 10.4 Å². The third-order valence-corrected chi connectivity index (χ3v) is 2.87. The SMILES string of the molecule is CC(O)CNC(c1cccc(C(F)(F)F)c1)C(C)C. The fourth-order valence-corrected chi connectivity index (χ4v) is 1.94. The number of benzene rings is 1. The Hall–Kier alpha value is -1.07. The summed E-state index contributed by atoms with van der Waals surface area (Å²) < 4.78 is 38.1. The number of nitrogens with one attached hydrogen (secondary N) is 1. The molecule has 2 atom stereocenters. The van der Waals surface area contributed by atoms with Crippen LogP contribution in [0.15, 0.2) is 24.3 Å². The van der Waals surface area contributed by atoms with Gasteiger partial charge in [-0.05, 0) is 30.5 Å². The molecule has 0 amide bonds. The number of hydrogen-bond donors (Lipinski definition) is 2. The minimum Gasteiger partial charge on any atom is -0.392 e. The maximum Gasteiger partial charge on any atom is 0.416 e. The predicted octanol–water partition coefficient (Wildman–Crippen LogP) is 3.37. The summed E-state index contributed by atoms with van der Waals surface area (Å²) in [6.45, 7) is 5.84. The largest absolute Gasteiger partial charge is 0.416 e. The van der Waals surface area contributed by atoms with Crippen molar-refractivity contribution in [3.63, 3.8) is 0 Å². The molecule has 0 spiro atoms. The minimum absolute atomic E-state index is 0.127. The number of alkyl halides is 3. The molecular weight excluding hydrogens is 255 g/mol. The molecule has 0 radical (unpaired) electrons. The summed E-state index contributed by atoms with van der Waals surface area (Å²) in [5.41, 5.74) is -0.0556. The molecule has 2 N–H and O–H groups in total. The van der Waals surface area contributed by atoms with Crippen molar-refractivity contribution in [2.45, 2.75) is 39.1 Å². The summed E-state index contributed by atoms with van der Waals surface area (Å²) in [4.78, 5) is 0. The van der Waals surface area contributed by atoms with Crippen molar-refractivity contribution in [2.24, 2.45) is 5.92 Å². The van der Waals surface area contributed by atoms with E-state index < -0.39 is 17.8 Å². The highest BCUT2D eigenvalue weighted by Crippen LogP contribution is 2.32. The maximum atomic E-state index is 12.7. The van der Waals surface area contributed by atoms with Gasteiger partial charge in [-0.1, -0.05) is 26.0 Å². The van der Waals surface area contributed by atoms with E-state index in [0.29, 0.717) is 12.1 Å². The minimum atomic E-state index is -4.33. The standard InChI is InChI=1S/C14H20F3NO/c1-9(2)13(18-8-10(3)19)11-5-4-6-12(7-11)14(15,16)17/h4-7,9-10,13,18-19H,8H2,1-3H3. The van der Waals surface area contributed by atoms with Crippen LogP contribution in [0.25, 0.3) is 0 Å². The van der Waals surface area contributed by atoms with Gasteiger partial charge in [0.2, 0.25) is 0 Å². The molecule has 0 saturated carbocycles. The highest BCUT2D eigenvalue weighted by molar-refractivity contribution is 5.28. The fraction of sp³-hybridized carbons (Fsp3) is 0.571. The predicted molar refractivity (Wildman–Crippen MR) is 68.7 cm³/mol. The van der Waals surface area contributed by atoms with Crippen LogP contribution in [0.5, 0.6) is 0 Å². The molecule has 0 aliphatic rings. The first-order valence-electron chi connectivity index (χ1n) is 6.30. The summed E-state index contributed by atoms with van der Waals surface area (Å²) in [7, 11) is 0. The zero-order valence-corrected chi connectivity index (χ0v) is 11.3. The average molecular weight is 275 g/mol. The van der Waals surface area contributed by atoms with Gasteiger partial charge in [-0.25, -0.2) is 0 Å². The van der Waals surface area contributed by atoms with Crippen LogP contribution in [-0.2, 0) is 6.18 Å². The second kappa shape index (κ2) is 6.39. The van der Waals surface area contributed by atoms with Crippen LogP contribution in [0.3, 0.4) is 0 Å². The van der Waals surface area contributed by atoms with Crippen molar-refractivity contribution >= 4 is 0 Å². The van der Waals surface area contributed by atoms with Crippen LogP contribution in [0.1, 0.15) is 37.9 Å². The number of hydrogen-bond acceptors (Lipinski definition) is 2. The molecule has 108 valence electrons. The lowest BCUT2D eigenvalue weighted by atomic mass is 9.94. The van der Waals surface area contributed by atoms with E-state index in [9.17, 15) is 18.3 Å². The zero-order chi connectivity index (χ0) is 14.6. The van der Waals surface area contributed by atoms with Crippen LogP contribution in [0.4, 0.5) is 13.2 Å². The molecule has 0 heterocycles. The molecule has 1 rings (SSSR count). The summed E-state index contributed by atoms with van der Waals surface area (Å²) in [5.74, 6) is 0.127. The molecule has 2 unspecified atom stereocenters. The summed E-state index contributed by atoms with van der Waals surface area (Å²) >= 11 is 0. The van der Waals surface area contributed by atoms with Gasteiger partial charge in [-0.3, -0.25) is 0 Å². The van der Waals surface area contributed by atoms with Gasteiger partial charge in [0.05, 0.1) is 11.7 Å². The first-order valence-corrected chi connectivity index (χ1v) is 6.30. The molecule has 1 aromatic carbocycles. The van der Waals surface area contributed by atoms with Gasteiger partial charge >= 0.3 is 6.18 Å². The van der Waals surface area contributed by atoms with Crippen LogP contribution in [-0.4, -0.2) is 17.8 Å². The molecule has 0 aliphatic carbocycles. The lowest BCUT2D eigenvalue weighted by molar-refractivity contribution is -0.137. The van der Waals surface area contributed by atoms with Gasteiger partial charge in [-0.15, -0.1) is 0 Å². The highest BCUT2D eigenvalue weighted by Gasteiger charge is 2.31. The molecule has 0 aliphatic heterocycles. The van der Waals surface area contributed by atoms with E-state index >= 15 is 0 Å². The van der Waals surface area contributed by atoms with E-state index in [-0.39, 0.29) is 12.0 Å². The molecule has 2 nitrogen and oxygen atoms in total. The van der Waals surface area contributed by atoms with E-state index in [1.165, 1.54) is 12.1 Å². The Morgan fingerprint density at radius 2 is 1.84 bits per heavy atom. The normalized spacial score (nSPS) is 15.6. The second-order valence-corrected chi connectivity index (χ2v) is 5.10. The highest BCUT2D eigenvalue weighted by atomic mass is 19.4. The van der Waals surface area contributed by atoms with E-state index in [1.807, 2.05) is 13.8 Å². The fourth-order valence-electron chi connectivity index (χ4n) is 1.94. The van der Waals surface area contributed by atoms with Gasteiger partial charge in [0.25, 0.3) is 0 Å². The van der Waals surface area contributed by atoms with Crippen molar-refractivity contribution in [3.8, 4) is 0 Å². The Balaban J connectivity index is 2.96. The first-order chi connectivity index (χ1) is 8.71. The van der Waals surface area contributed by atoms with Crippen molar-refractivity contribution in [1.82, 2.24) is 5.32 Å². The molecule has 19 heavy (non-hydrogen) atoms. The zero-order valence-electron chi connectivity index (χ0n) is 11.3. The van der Waals surface area contributed by atoms with Gasteiger partial charge in [0.1, 0.15) is 0 Å². The van der Waals surface area contributed by atoms with Crippen LogP contribution in [0.2, 0.25) is 0 Å². The van der Waals surface area contributed by atoms with E-state index in [0.717, 1.165) is 6.07 Å². The van der Waals surface area contributed by atoms with Gasteiger partial charge in [-0.2, -0.15) is 13.2 Å². The molecule has 0 bridgehead atoms. The quantitative estimate of drug-likeness (QED) is 0.863. The summed E-state index contributed by atoms with van der Waals surface area (Å²) in [6.07, 6.45) is -4.87. The Morgan fingerprint density at radius 3 is 2.32 bits per heavy atom. The molecule has 0 aromatic heterocycles. The molecule has 5 heteroatoms. The van der Waals surface area contributed by atoms with E-state index in [1.54, 1.807) is 13.0 Å². The Labute approximate surface area is 111 Å². The summed E-state index contributed by atoms with van der Waals surface area (Å²) in [6, 6.07) is 5.11. The van der Waals surface area contributed by atoms with Crippen LogP contribution in [0, 0.1) is 5.92 Å². The molecule has 1 aromatic rings. The van der Waals surface area contributed by atoms with Crippen molar-refractivity contribution in [3.05, 3.63) is 35.4 Å². The molecule has 0 saturated heterocycles. The van der Waals surface area contributed by atoms with Crippen molar-refractivity contribution < 1.29 is 18.3 Å². The third-order valence-electron chi connectivity index (χ3n) is 2.87.